The molecule has 0 aliphatic heterocycles. The molecule has 94 valence electrons. The van der Waals surface area contributed by atoms with E-state index in [4.69, 9.17) is 0 Å². The van der Waals surface area contributed by atoms with E-state index in [2.05, 4.69) is 22.2 Å². The maximum Gasteiger partial charge on any atom is 0.149 e. The van der Waals surface area contributed by atoms with Crippen LogP contribution in [-0.4, -0.2) is 35.9 Å². The third-order valence-electron chi connectivity index (χ3n) is 2.34. The van der Waals surface area contributed by atoms with Crippen molar-refractivity contribution in [3.63, 3.8) is 0 Å². The van der Waals surface area contributed by atoms with E-state index in [9.17, 15) is 4.79 Å². The molecule has 0 aliphatic rings. The lowest BCUT2D eigenvalue weighted by molar-refractivity contribution is -0.115. The summed E-state index contributed by atoms with van der Waals surface area (Å²) in [6.45, 7) is 4.99. The van der Waals surface area contributed by atoms with Crippen molar-refractivity contribution in [2.24, 2.45) is 0 Å². The van der Waals surface area contributed by atoms with Crippen molar-refractivity contribution in [1.29, 1.82) is 0 Å². The smallest absolute Gasteiger partial charge is 0.149 e. The molecule has 0 aromatic carbocycles. The molecular formula is C12H20N4O. The Kier molecular flexibility index (Phi) is 5.39. The summed E-state index contributed by atoms with van der Waals surface area (Å²) in [7, 11) is 1.85. The number of carbonyl (C=O) groups excluding carboxylic acids is 1. The summed E-state index contributed by atoms with van der Waals surface area (Å²) >= 11 is 0. The first-order valence-corrected chi connectivity index (χ1v) is 5.90. The average Bonchev–Trinajstić information content (AvgIpc) is 2.29. The lowest BCUT2D eigenvalue weighted by atomic mass is 10.3. The van der Waals surface area contributed by atoms with Gasteiger partial charge in [0.05, 0.1) is 6.54 Å². The lowest BCUT2D eigenvalue weighted by Crippen LogP contribution is -2.24. The second kappa shape index (κ2) is 6.83. The summed E-state index contributed by atoms with van der Waals surface area (Å²) < 4.78 is 0. The fourth-order valence-electron chi connectivity index (χ4n) is 1.46. The van der Waals surface area contributed by atoms with Crippen LogP contribution < -0.4 is 10.2 Å². The third kappa shape index (κ3) is 4.80. The molecule has 1 rings (SSSR count). The van der Waals surface area contributed by atoms with Gasteiger partial charge in [0.1, 0.15) is 23.7 Å². The minimum absolute atomic E-state index is 0.117. The number of aromatic nitrogens is 2. The zero-order valence-electron chi connectivity index (χ0n) is 10.7. The minimum atomic E-state index is 0.117. The molecule has 0 atom stereocenters. The molecule has 0 radical (unpaired) electrons. The van der Waals surface area contributed by atoms with Gasteiger partial charge in [0.2, 0.25) is 0 Å². The molecule has 0 spiro atoms. The predicted molar refractivity (Wildman–Crippen MR) is 69.4 cm³/mol. The van der Waals surface area contributed by atoms with Crippen LogP contribution in [0.2, 0.25) is 0 Å². The maximum absolute atomic E-state index is 11.0. The Morgan fingerprint density at radius 1 is 1.47 bits per heavy atom. The lowest BCUT2D eigenvalue weighted by Gasteiger charge is -2.16. The average molecular weight is 236 g/mol. The van der Waals surface area contributed by atoms with Gasteiger partial charge in [-0.1, -0.05) is 13.3 Å². The Morgan fingerprint density at radius 3 is 2.88 bits per heavy atom. The number of Topliss-reactive ketones (excluding diaryl/α,β-unsaturated/α-hetero) is 1. The van der Waals surface area contributed by atoms with Crippen LogP contribution in [0.1, 0.15) is 26.7 Å². The van der Waals surface area contributed by atoms with E-state index in [1.54, 1.807) is 6.92 Å². The number of nitrogens with one attached hydrogen (secondary N) is 1. The molecule has 5 nitrogen and oxygen atoms in total. The van der Waals surface area contributed by atoms with Crippen molar-refractivity contribution in [3.05, 3.63) is 12.4 Å². The first kappa shape index (κ1) is 13.4. The quantitative estimate of drug-likeness (QED) is 0.730. The van der Waals surface area contributed by atoms with E-state index < -0.39 is 0 Å². The maximum atomic E-state index is 11.0. The second-order valence-corrected chi connectivity index (χ2v) is 4.10. The number of hydrogen-bond acceptors (Lipinski definition) is 5. The van der Waals surface area contributed by atoms with Crippen LogP contribution in [0.25, 0.3) is 0 Å². The fourth-order valence-corrected chi connectivity index (χ4v) is 1.46. The van der Waals surface area contributed by atoms with E-state index in [1.165, 1.54) is 6.33 Å². The second-order valence-electron chi connectivity index (χ2n) is 4.10. The Labute approximate surface area is 102 Å². The van der Waals surface area contributed by atoms with Gasteiger partial charge in [0.15, 0.2) is 0 Å². The summed E-state index contributed by atoms with van der Waals surface area (Å²) in [5, 5.41) is 3.23. The molecule has 0 fully saturated rings. The van der Waals surface area contributed by atoms with Crippen LogP contribution in [0, 0.1) is 0 Å². The predicted octanol–water partition coefficient (Wildman–Crippen LogP) is 1.71. The molecule has 0 bridgehead atoms. The number of hydrogen-bond donors (Lipinski definition) is 1. The van der Waals surface area contributed by atoms with Gasteiger partial charge in [-0.2, -0.15) is 0 Å². The topological polar surface area (TPSA) is 58.1 Å². The standard InChI is InChI=1S/C12H20N4O/c1-4-5-6-13-11-7-12(15-9-14-11)16(3)8-10(2)17/h7,9H,4-6,8H2,1-3H3,(H,13,14,15). The summed E-state index contributed by atoms with van der Waals surface area (Å²) in [5.41, 5.74) is 0. The fraction of sp³-hybridized carbons (Fsp3) is 0.583. The molecule has 0 aliphatic carbocycles. The molecule has 0 amide bonds. The molecule has 1 aromatic heterocycles. The van der Waals surface area contributed by atoms with E-state index in [1.807, 2.05) is 18.0 Å². The number of ketones is 1. The summed E-state index contributed by atoms with van der Waals surface area (Å²) in [6, 6.07) is 1.86. The molecule has 1 heterocycles. The normalized spacial score (nSPS) is 10.1. The highest BCUT2D eigenvalue weighted by Crippen LogP contribution is 2.12. The molecule has 0 saturated heterocycles. The highest BCUT2D eigenvalue weighted by Gasteiger charge is 2.06. The number of rotatable bonds is 7. The van der Waals surface area contributed by atoms with Crippen LogP contribution in [0.3, 0.4) is 0 Å². The minimum Gasteiger partial charge on any atom is -0.370 e. The Bertz CT molecular complexity index is 367. The van der Waals surface area contributed by atoms with Gasteiger partial charge in [-0.15, -0.1) is 0 Å². The molecule has 0 saturated carbocycles. The molecule has 1 aromatic rings. The molecular weight excluding hydrogens is 216 g/mol. The molecule has 0 unspecified atom stereocenters. The van der Waals surface area contributed by atoms with Gasteiger partial charge in [0, 0.05) is 19.7 Å². The van der Waals surface area contributed by atoms with Gasteiger partial charge in [0.25, 0.3) is 0 Å². The first-order chi connectivity index (χ1) is 8.13. The largest absolute Gasteiger partial charge is 0.370 e. The number of unbranched alkanes of at least 4 members (excludes halogenated alkanes) is 1. The van der Waals surface area contributed by atoms with Crippen molar-refractivity contribution in [2.75, 3.05) is 30.4 Å². The van der Waals surface area contributed by atoms with Crippen molar-refractivity contribution < 1.29 is 4.79 Å². The van der Waals surface area contributed by atoms with Crippen molar-refractivity contribution >= 4 is 17.4 Å². The Morgan fingerprint density at radius 2 is 2.24 bits per heavy atom. The van der Waals surface area contributed by atoms with Gasteiger partial charge >= 0.3 is 0 Å². The number of anilines is 2. The highest BCUT2D eigenvalue weighted by atomic mass is 16.1. The Balaban J connectivity index is 2.61. The van der Waals surface area contributed by atoms with Crippen molar-refractivity contribution in [2.45, 2.75) is 26.7 Å². The van der Waals surface area contributed by atoms with E-state index in [0.717, 1.165) is 31.0 Å². The van der Waals surface area contributed by atoms with Crippen molar-refractivity contribution in [1.82, 2.24) is 9.97 Å². The Hall–Kier alpha value is -1.65. The number of nitrogens with zero attached hydrogens (tertiary/aromatic N) is 3. The summed E-state index contributed by atoms with van der Waals surface area (Å²) in [6.07, 6.45) is 3.78. The zero-order valence-corrected chi connectivity index (χ0v) is 10.7. The SMILES string of the molecule is CCCCNc1cc(N(C)CC(C)=O)ncn1. The highest BCUT2D eigenvalue weighted by molar-refractivity contribution is 5.80. The van der Waals surface area contributed by atoms with Gasteiger partial charge in [-0.25, -0.2) is 9.97 Å². The van der Waals surface area contributed by atoms with Gasteiger partial charge in [-0.05, 0) is 13.3 Å². The van der Waals surface area contributed by atoms with Crippen LogP contribution in [0.5, 0.6) is 0 Å². The number of likely N-dealkylation sites (N-methyl/N-ethyl adjacent to an activating group) is 1. The van der Waals surface area contributed by atoms with Crippen LogP contribution in [-0.2, 0) is 4.79 Å². The molecule has 17 heavy (non-hydrogen) atoms. The third-order valence-corrected chi connectivity index (χ3v) is 2.34. The van der Waals surface area contributed by atoms with Crippen molar-refractivity contribution in [3.8, 4) is 0 Å². The molecule has 5 heteroatoms. The van der Waals surface area contributed by atoms with Crippen LogP contribution in [0.4, 0.5) is 11.6 Å². The van der Waals surface area contributed by atoms with Gasteiger partial charge < -0.3 is 10.2 Å². The first-order valence-electron chi connectivity index (χ1n) is 5.90. The summed E-state index contributed by atoms with van der Waals surface area (Å²) in [4.78, 5) is 21.1. The monoisotopic (exact) mass is 236 g/mol. The number of carbonyl (C=O) groups is 1. The molecule has 1 N–H and O–H groups in total. The van der Waals surface area contributed by atoms with E-state index >= 15 is 0 Å². The van der Waals surface area contributed by atoms with Crippen LogP contribution in [0.15, 0.2) is 12.4 Å². The zero-order chi connectivity index (χ0) is 12.7. The van der Waals surface area contributed by atoms with Crippen LogP contribution >= 0.6 is 0 Å². The summed E-state index contributed by atoms with van der Waals surface area (Å²) in [5.74, 6) is 1.68. The van der Waals surface area contributed by atoms with E-state index in [-0.39, 0.29) is 5.78 Å². The van der Waals surface area contributed by atoms with E-state index in [0.29, 0.717) is 6.54 Å². The van der Waals surface area contributed by atoms with Gasteiger partial charge in [-0.3, -0.25) is 4.79 Å².